The van der Waals surface area contributed by atoms with Gasteiger partial charge in [-0.25, -0.2) is 4.98 Å². The fourth-order valence-electron chi connectivity index (χ4n) is 3.37. The number of nitrogens with zero attached hydrogens (tertiary/aromatic N) is 3. The fraction of sp³-hybridized carbons (Fsp3) is 0.174. The molecule has 0 spiro atoms. The van der Waals surface area contributed by atoms with Gasteiger partial charge in [0, 0.05) is 24.5 Å². The summed E-state index contributed by atoms with van der Waals surface area (Å²) in [6, 6.07) is 19.4. The molecule has 0 unspecified atom stereocenters. The van der Waals surface area contributed by atoms with E-state index in [1.54, 1.807) is 17.7 Å². The van der Waals surface area contributed by atoms with Gasteiger partial charge in [-0.1, -0.05) is 42.5 Å². The van der Waals surface area contributed by atoms with E-state index in [1.165, 1.54) is 11.3 Å². The molecule has 0 bridgehead atoms. The lowest BCUT2D eigenvalue weighted by molar-refractivity contribution is 0.199. The molecular weight excluding hydrogens is 382 g/mol. The maximum Gasteiger partial charge on any atom is 0.263 e. The van der Waals surface area contributed by atoms with Crippen molar-refractivity contribution in [2.75, 3.05) is 13.7 Å². The van der Waals surface area contributed by atoms with Crippen LogP contribution in [0.25, 0.3) is 21.3 Å². The molecule has 0 saturated heterocycles. The Bertz CT molecular complexity index is 1250. The Hall–Kier alpha value is -3.27. The smallest absolute Gasteiger partial charge is 0.263 e. The molecule has 29 heavy (non-hydrogen) atoms. The first-order valence-corrected chi connectivity index (χ1v) is 10.1. The van der Waals surface area contributed by atoms with Crippen molar-refractivity contribution in [2.45, 2.75) is 13.0 Å². The van der Waals surface area contributed by atoms with Gasteiger partial charge in [-0.3, -0.25) is 9.36 Å². The average molecular weight is 401 g/mol. The Kier molecular flexibility index (Phi) is 5.52. The summed E-state index contributed by atoms with van der Waals surface area (Å²) in [5, 5.41) is 11.8. The standard InChI is InChI=1S/C23H19N3O2S/c1-28-11-10-20-25-22-21(19(15-29-22)18-8-3-2-4-9-18)23(27)26(20)14-17-7-5-6-16(12-17)13-24/h2-9,12,15H,10-11,14H2,1H3. The van der Waals surface area contributed by atoms with Crippen LogP contribution in [0.2, 0.25) is 0 Å². The highest BCUT2D eigenvalue weighted by Crippen LogP contribution is 2.31. The van der Waals surface area contributed by atoms with E-state index in [-0.39, 0.29) is 5.56 Å². The first-order valence-electron chi connectivity index (χ1n) is 9.25. The van der Waals surface area contributed by atoms with Crippen LogP contribution < -0.4 is 5.56 Å². The van der Waals surface area contributed by atoms with Crippen molar-refractivity contribution in [2.24, 2.45) is 0 Å². The third kappa shape index (κ3) is 3.83. The van der Waals surface area contributed by atoms with Crippen LogP contribution in [0.1, 0.15) is 17.0 Å². The zero-order valence-electron chi connectivity index (χ0n) is 16.0. The molecule has 0 aliphatic carbocycles. The molecule has 0 aliphatic heterocycles. The van der Waals surface area contributed by atoms with Crippen LogP contribution in [0, 0.1) is 11.3 Å². The number of rotatable bonds is 6. The molecule has 4 rings (SSSR count). The molecule has 6 heteroatoms. The van der Waals surface area contributed by atoms with Crippen LogP contribution in [0.3, 0.4) is 0 Å². The van der Waals surface area contributed by atoms with Crippen molar-refractivity contribution in [1.29, 1.82) is 5.26 Å². The number of nitriles is 1. The first-order chi connectivity index (χ1) is 14.2. The number of ether oxygens (including phenoxy) is 1. The highest BCUT2D eigenvalue weighted by molar-refractivity contribution is 7.17. The summed E-state index contributed by atoms with van der Waals surface area (Å²) in [4.78, 5) is 19.1. The summed E-state index contributed by atoms with van der Waals surface area (Å²) in [7, 11) is 1.63. The van der Waals surface area contributed by atoms with Gasteiger partial charge in [-0.15, -0.1) is 11.3 Å². The normalized spacial score (nSPS) is 10.9. The lowest BCUT2D eigenvalue weighted by Gasteiger charge is -2.13. The predicted molar refractivity (Wildman–Crippen MR) is 115 cm³/mol. The summed E-state index contributed by atoms with van der Waals surface area (Å²) >= 11 is 1.48. The number of methoxy groups -OCH3 is 1. The largest absolute Gasteiger partial charge is 0.384 e. The molecule has 0 atom stereocenters. The third-order valence-electron chi connectivity index (χ3n) is 4.78. The molecular formula is C23H19N3O2S. The Morgan fingerprint density at radius 2 is 2.00 bits per heavy atom. The molecule has 0 saturated carbocycles. The van der Waals surface area contributed by atoms with Gasteiger partial charge in [0.25, 0.3) is 5.56 Å². The molecule has 0 radical (unpaired) electrons. The maximum atomic E-state index is 13.6. The summed E-state index contributed by atoms with van der Waals surface area (Å²) in [5.41, 5.74) is 3.30. The van der Waals surface area contributed by atoms with Crippen molar-refractivity contribution < 1.29 is 4.74 Å². The third-order valence-corrected chi connectivity index (χ3v) is 5.66. The van der Waals surface area contributed by atoms with Gasteiger partial charge in [-0.05, 0) is 23.3 Å². The van der Waals surface area contributed by atoms with Crippen LogP contribution in [-0.2, 0) is 17.7 Å². The van der Waals surface area contributed by atoms with E-state index in [0.29, 0.717) is 36.3 Å². The fourth-order valence-corrected chi connectivity index (χ4v) is 4.32. The van der Waals surface area contributed by atoms with E-state index >= 15 is 0 Å². The van der Waals surface area contributed by atoms with Crippen molar-refractivity contribution in [1.82, 2.24) is 9.55 Å². The number of fused-ring (bicyclic) bond motifs is 1. The zero-order valence-corrected chi connectivity index (χ0v) is 16.8. The Balaban J connectivity index is 1.89. The van der Waals surface area contributed by atoms with Gasteiger partial charge in [0.2, 0.25) is 0 Å². The van der Waals surface area contributed by atoms with E-state index < -0.39 is 0 Å². The molecule has 2 aromatic carbocycles. The van der Waals surface area contributed by atoms with Gasteiger partial charge in [-0.2, -0.15) is 5.26 Å². The lowest BCUT2D eigenvalue weighted by atomic mass is 10.1. The second-order valence-corrected chi connectivity index (χ2v) is 7.53. The number of hydrogen-bond donors (Lipinski definition) is 0. The minimum atomic E-state index is -0.0661. The van der Waals surface area contributed by atoms with E-state index in [1.807, 2.05) is 53.9 Å². The highest BCUT2D eigenvalue weighted by Gasteiger charge is 2.17. The number of hydrogen-bond acceptors (Lipinski definition) is 5. The molecule has 2 heterocycles. The van der Waals surface area contributed by atoms with Crippen LogP contribution in [-0.4, -0.2) is 23.3 Å². The average Bonchev–Trinajstić information content (AvgIpc) is 3.19. The van der Waals surface area contributed by atoms with Crippen LogP contribution >= 0.6 is 11.3 Å². The van der Waals surface area contributed by atoms with Gasteiger partial charge in [0.1, 0.15) is 10.7 Å². The molecule has 0 fully saturated rings. The maximum absolute atomic E-state index is 13.6. The van der Waals surface area contributed by atoms with E-state index in [0.717, 1.165) is 21.5 Å². The quantitative estimate of drug-likeness (QED) is 0.485. The predicted octanol–water partition coefficient (Wildman–Crippen LogP) is 4.23. The molecule has 5 nitrogen and oxygen atoms in total. The minimum absolute atomic E-state index is 0.0661. The minimum Gasteiger partial charge on any atom is -0.384 e. The summed E-state index contributed by atoms with van der Waals surface area (Å²) in [6.07, 6.45) is 0.540. The zero-order chi connectivity index (χ0) is 20.2. The van der Waals surface area contributed by atoms with Gasteiger partial charge >= 0.3 is 0 Å². The molecule has 0 aliphatic rings. The summed E-state index contributed by atoms with van der Waals surface area (Å²) < 4.78 is 6.92. The van der Waals surface area contributed by atoms with Gasteiger partial charge in [0.15, 0.2) is 0 Å². The van der Waals surface area contributed by atoms with Crippen LogP contribution in [0.4, 0.5) is 0 Å². The van der Waals surface area contributed by atoms with Crippen molar-refractivity contribution in [3.05, 3.63) is 87.3 Å². The van der Waals surface area contributed by atoms with Crippen molar-refractivity contribution in [3.63, 3.8) is 0 Å². The van der Waals surface area contributed by atoms with Crippen molar-refractivity contribution >= 4 is 21.6 Å². The number of benzene rings is 2. The molecule has 0 N–H and O–H groups in total. The van der Waals surface area contributed by atoms with Crippen LogP contribution in [0.5, 0.6) is 0 Å². The van der Waals surface area contributed by atoms with Gasteiger partial charge in [0.05, 0.1) is 30.2 Å². The lowest BCUT2D eigenvalue weighted by Crippen LogP contribution is -2.26. The van der Waals surface area contributed by atoms with Crippen molar-refractivity contribution in [3.8, 4) is 17.2 Å². The summed E-state index contributed by atoms with van der Waals surface area (Å²) in [5.74, 6) is 0.688. The molecule has 2 aromatic heterocycles. The Labute approximate surface area is 172 Å². The second kappa shape index (κ2) is 8.39. The summed E-state index contributed by atoms with van der Waals surface area (Å²) in [6.45, 7) is 0.841. The topological polar surface area (TPSA) is 67.9 Å². The SMILES string of the molecule is COCCc1nc2scc(-c3ccccc3)c2c(=O)n1Cc1cccc(C#N)c1. The monoisotopic (exact) mass is 401 g/mol. The van der Waals surface area contributed by atoms with E-state index in [9.17, 15) is 10.1 Å². The molecule has 0 amide bonds. The van der Waals surface area contributed by atoms with Crippen LogP contribution in [0.15, 0.2) is 64.8 Å². The number of aromatic nitrogens is 2. The Morgan fingerprint density at radius 3 is 2.76 bits per heavy atom. The van der Waals surface area contributed by atoms with Gasteiger partial charge < -0.3 is 4.74 Å². The Morgan fingerprint density at radius 1 is 1.17 bits per heavy atom. The van der Waals surface area contributed by atoms with E-state index in [4.69, 9.17) is 9.72 Å². The second-order valence-electron chi connectivity index (χ2n) is 6.67. The van der Waals surface area contributed by atoms with E-state index in [2.05, 4.69) is 6.07 Å². The first kappa shape index (κ1) is 19.1. The molecule has 4 aromatic rings. The highest BCUT2D eigenvalue weighted by atomic mass is 32.1. The molecule has 144 valence electrons. The number of thiophene rings is 1.